The first-order valence-corrected chi connectivity index (χ1v) is 4.94. The molecule has 1 aromatic heterocycles. The van der Waals surface area contributed by atoms with Gasteiger partial charge in [-0.05, 0) is 23.8 Å². The summed E-state index contributed by atoms with van der Waals surface area (Å²) in [6.45, 7) is 0. The molecule has 0 amide bonds. The van der Waals surface area contributed by atoms with E-state index >= 15 is 0 Å². The summed E-state index contributed by atoms with van der Waals surface area (Å²) in [5, 5.41) is 0.664. The number of hydrogen-bond donors (Lipinski definition) is 2. The normalized spacial score (nSPS) is 12.7. The molecule has 1 unspecified atom stereocenters. The van der Waals surface area contributed by atoms with Crippen LogP contribution in [0.15, 0.2) is 47.1 Å². The van der Waals surface area contributed by atoms with Crippen LogP contribution in [-0.2, 0) is 0 Å². The quantitative estimate of drug-likeness (QED) is 0.620. The Kier molecular flexibility index (Phi) is 3.06. The number of hydrazine groups is 1. The molecule has 3 N–H and O–H groups in total. The van der Waals surface area contributed by atoms with Gasteiger partial charge in [0.2, 0.25) is 0 Å². The maximum atomic E-state index is 6.08. The van der Waals surface area contributed by atoms with Crippen LogP contribution in [0.5, 0.6) is 0 Å². The zero-order valence-electron chi connectivity index (χ0n) is 7.98. The second-order valence-corrected chi connectivity index (χ2v) is 3.54. The lowest BCUT2D eigenvalue weighted by Crippen LogP contribution is -2.28. The van der Waals surface area contributed by atoms with Crippen molar-refractivity contribution in [1.82, 2.24) is 5.43 Å². The van der Waals surface area contributed by atoms with Gasteiger partial charge in [0.1, 0.15) is 11.8 Å². The van der Waals surface area contributed by atoms with Crippen molar-refractivity contribution in [2.45, 2.75) is 6.04 Å². The fourth-order valence-electron chi connectivity index (χ4n) is 1.49. The Labute approximate surface area is 92.8 Å². The first-order valence-electron chi connectivity index (χ1n) is 4.57. The fourth-order valence-corrected chi connectivity index (χ4v) is 1.73. The first kappa shape index (κ1) is 10.2. The van der Waals surface area contributed by atoms with Gasteiger partial charge in [-0.25, -0.2) is 5.43 Å². The van der Waals surface area contributed by atoms with Crippen LogP contribution in [0.25, 0.3) is 0 Å². The molecule has 0 bridgehead atoms. The molecule has 0 saturated heterocycles. The Bertz CT molecular complexity index is 428. The van der Waals surface area contributed by atoms with Gasteiger partial charge in [0.15, 0.2) is 0 Å². The van der Waals surface area contributed by atoms with Gasteiger partial charge in [-0.2, -0.15) is 0 Å². The number of rotatable bonds is 3. The van der Waals surface area contributed by atoms with Gasteiger partial charge >= 0.3 is 0 Å². The van der Waals surface area contributed by atoms with Crippen LogP contribution < -0.4 is 11.3 Å². The number of hydrogen-bond acceptors (Lipinski definition) is 3. The van der Waals surface area contributed by atoms with Gasteiger partial charge in [0, 0.05) is 5.02 Å². The van der Waals surface area contributed by atoms with Crippen molar-refractivity contribution in [3.8, 4) is 0 Å². The Morgan fingerprint density at radius 1 is 1.20 bits per heavy atom. The summed E-state index contributed by atoms with van der Waals surface area (Å²) in [7, 11) is 0. The monoisotopic (exact) mass is 222 g/mol. The number of halogens is 1. The van der Waals surface area contributed by atoms with Crippen LogP contribution in [0.2, 0.25) is 5.02 Å². The molecule has 1 heterocycles. The van der Waals surface area contributed by atoms with E-state index in [9.17, 15) is 0 Å². The average molecular weight is 223 g/mol. The SMILES string of the molecule is NNC(c1ccco1)c1ccccc1Cl. The lowest BCUT2D eigenvalue weighted by molar-refractivity contribution is 0.452. The molecular weight excluding hydrogens is 212 g/mol. The molecule has 0 aliphatic carbocycles. The second-order valence-electron chi connectivity index (χ2n) is 3.14. The minimum Gasteiger partial charge on any atom is -0.467 e. The van der Waals surface area contributed by atoms with Crippen molar-refractivity contribution in [1.29, 1.82) is 0 Å². The smallest absolute Gasteiger partial charge is 0.126 e. The molecule has 2 aromatic rings. The molecule has 0 fully saturated rings. The van der Waals surface area contributed by atoms with Crippen molar-refractivity contribution in [2.24, 2.45) is 5.84 Å². The topological polar surface area (TPSA) is 51.2 Å². The van der Waals surface area contributed by atoms with Crippen LogP contribution in [0, 0.1) is 0 Å². The predicted molar refractivity (Wildman–Crippen MR) is 59.3 cm³/mol. The molecular formula is C11H11ClN2O. The molecule has 0 aliphatic rings. The fraction of sp³-hybridized carbons (Fsp3) is 0.0909. The Morgan fingerprint density at radius 2 is 2.00 bits per heavy atom. The van der Waals surface area contributed by atoms with Crippen LogP contribution >= 0.6 is 11.6 Å². The Balaban J connectivity index is 2.40. The van der Waals surface area contributed by atoms with E-state index in [0.717, 1.165) is 11.3 Å². The average Bonchev–Trinajstić information content (AvgIpc) is 2.75. The Hall–Kier alpha value is -1.29. The van der Waals surface area contributed by atoms with Gasteiger partial charge in [0.05, 0.1) is 6.26 Å². The highest BCUT2D eigenvalue weighted by atomic mass is 35.5. The molecule has 3 nitrogen and oxygen atoms in total. The standard InChI is InChI=1S/C11H11ClN2O/c12-9-5-2-1-4-8(9)11(14-13)10-6-3-7-15-10/h1-7,11,14H,13H2. The highest BCUT2D eigenvalue weighted by molar-refractivity contribution is 6.31. The zero-order chi connectivity index (χ0) is 10.7. The largest absolute Gasteiger partial charge is 0.467 e. The highest BCUT2D eigenvalue weighted by Gasteiger charge is 2.17. The lowest BCUT2D eigenvalue weighted by atomic mass is 10.1. The summed E-state index contributed by atoms with van der Waals surface area (Å²) in [5.41, 5.74) is 3.58. The van der Waals surface area contributed by atoms with E-state index in [1.54, 1.807) is 6.26 Å². The van der Waals surface area contributed by atoms with E-state index in [4.69, 9.17) is 21.9 Å². The number of furan rings is 1. The van der Waals surface area contributed by atoms with E-state index in [-0.39, 0.29) is 6.04 Å². The number of benzene rings is 1. The molecule has 0 spiro atoms. The van der Waals surface area contributed by atoms with E-state index in [1.165, 1.54) is 0 Å². The maximum absolute atomic E-state index is 6.08. The molecule has 0 radical (unpaired) electrons. The Morgan fingerprint density at radius 3 is 2.60 bits per heavy atom. The van der Waals surface area contributed by atoms with Gasteiger partial charge in [-0.15, -0.1) is 0 Å². The summed E-state index contributed by atoms with van der Waals surface area (Å²) in [6.07, 6.45) is 1.61. The van der Waals surface area contributed by atoms with Crippen LogP contribution in [-0.4, -0.2) is 0 Å². The van der Waals surface area contributed by atoms with E-state index in [1.807, 2.05) is 36.4 Å². The van der Waals surface area contributed by atoms with Gasteiger partial charge in [0.25, 0.3) is 0 Å². The zero-order valence-corrected chi connectivity index (χ0v) is 8.74. The third-order valence-electron chi connectivity index (χ3n) is 2.21. The van der Waals surface area contributed by atoms with Crippen LogP contribution in [0.3, 0.4) is 0 Å². The third kappa shape index (κ3) is 2.04. The molecule has 1 aromatic carbocycles. The van der Waals surface area contributed by atoms with E-state index in [2.05, 4.69) is 5.43 Å². The van der Waals surface area contributed by atoms with Crippen molar-refractivity contribution in [3.63, 3.8) is 0 Å². The van der Waals surface area contributed by atoms with Crippen molar-refractivity contribution in [3.05, 3.63) is 59.0 Å². The van der Waals surface area contributed by atoms with Gasteiger partial charge in [-0.3, -0.25) is 5.84 Å². The number of nitrogens with two attached hydrogens (primary N) is 1. The number of nitrogens with one attached hydrogen (secondary N) is 1. The first-order chi connectivity index (χ1) is 7.33. The molecule has 15 heavy (non-hydrogen) atoms. The highest BCUT2D eigenvalue weighted by Crippen LogP contribution is 2.27. The minimum atomic E-state index is -0.214. The third-order valence-corrected chi connectivity index (χ3v) is 2.55. The summed E-state index contributed by atoms with van der Waals surface area (Å²) >= 11 is 6.08. The predicted octanol–water partition coefficient (Wildman–Crippen LogP) is 2.49. The van der Waals surface area contributed by atoms with Gasteiger partial charge in [-0.1, -0.05) is 29.8 Å². The van der Waals surface area contributed by atoms with Gasteiger partial charge < -0.3 is 4.42 Å². The summed E-state index contributed by atoms with van der Waals surface area (Å²) < 4.78 is 5.29. The van der Waals surface area contributed by atoms with E-state index < -0.39 is 0 Å². The summed E-state index contributed by atoms with van der Waals surface area (Å²) in [6, 6.07) is 11.0. The molecule has 2 rings (SSSR count). The molecule has 1 atom stereocenters. The minimum absolute atomic E-state index is 0.214. The molecule has 0 aliphatic heterocycles. The van der Waals surface area contributed by atoms with Crippen LogP contribution in [0.1, 0.15) is 17.4 Å². The molecule has 78 valence electrons. The second kappa shape index (κ2) is 4.49. The van der Waals surface area contributed by atoms with E-state index in [0.29, 0.717) is 5.02 Å². The van der Waals surface area contributed by atoms with Crippen molar-refractivity contribution >= 4 is 11.6 Å². The summed E-state index contributed by atoms with van der Waals surface area (Å²) in [5.74, 6) is 6.24. The maximum Gasteiger partial charge on any atom is 0.126 e. The van der Waals surface area contributed by atoms with Crippen LogP contribution in [0.4, 0.5) is 0 Å². The molecule has 0 saturated carbocycles. The molecule has 4 heteroatoms. The van der Waals surface area contributed by atoms with Crippen molar-refractivity contribution < 1.29 is 4.42 Å². The summed E-state index contributed by atoms with van der Waals surface area (Å²) in [4.78, 5) is 0. The lowest BCUT2D eigenvalue weighted by Gasteiger charge is -2.14. The van der Waals surface area contributed by atoms with Crippen molar-refractivity contribution in [2.75, 3.05) is 0 Å².